The van der Waals surface area contributed by atoms with Crippen molar-refractivity contribution in [2.24, 2.45) is 0 Å². The van der Waals surface area contributed by atoms with Gasteiger partial charge in [0.2, 0.25) is 0 Å². The molecule has 1 aliphatic rings. The van der Waals surface area contributed by atoms with Gasteiger partial charge in [0.1, 0.15) is 29.8 Å². The SMILES string of the molecule is O=C(c1ccc(COc2ccc(F)cc2)o1)N(Cc1ccc(F)cc1)C1CC1. The fourth-order valence-electron chi connectivity index (χ4n) is 2.94. The summed E-state index contributed by atoms with van der Waals surface area (Å²) in [5, 5.41) is 0. The van der Waals surface area contributed by atoms with Gasteiger partial charge in [-0.1, -0.05) is 12.1 Å². The first-order chi connectivity index (χ1) is 13.6. The minimum absolute atomic E-state index is 0.139. The molecule has 6 heteroatoms. The minimum Gasteiger partial charge on any atom is -0.486 e. The van der Waals surface area contributed by atoms with E-state index in [-0.39, 0.29) is 36.0 Å². The van der Waals surface area contributed by atoms with Gasteiger partial charge < -0.3 is 14.1 Å². The molecule has 0 saturated heterocycles. The van der Waals surface area contributed by atoms with Gasteiger partial charge >= 0.3 is 0 Å². The van der Waals surface area contributed by atoms with E-state index in [0.717, 1.165) is 18.4 Å². The fraction of sp³-hybridized carbons (Fsp3) is 0.227. The summed E-state index contributed by atoms with van der Waals surface area (Å²) < 4.78 is 37.2. The first kappa shape index (κ1) is 18.2. The Hall–Kier alpha value is -3.15. The third-order valence-corrected chi connectivity index (χ3v) is 4.58. The zero-order chi connectivity index (χ0) is 19.5. The number of hydrogen-bond donors (Lipinski definition) is 0. The maximum absolute atomic E-state index is 13.1. The molecular formula is C22H19F2NO3. The number of hydrogen-bond acceptors (Lipinski definition) is 3. The van der Waals surface area contributed by atoms with Gasteiger partial charge in [-0.05, 0) is 66.9 Å². The first-order valence-corrected chi connectivity index (χ1v) is 9.11. The summed E-state index contributed by atoms with van der Waals surface area (Å²) in [5.41, 5.74) is 0.869. The van der Waals surface area contributed by atoms with Gasteiger partial charge in [0.05, 0.1) is 0 Å². The van der Waals surface area contributed by atoms with Gasteiger partial charge in [-0.2, -0.15) is 0 Å². The van der Waals surface area contributed by atoms with Crippen molar-refractivity contribution in [1.82, 2.24) is 4.90 Å². The molecule has 1 amide bonds. The molecule has 1 fully saturated rings. The van der Waals surface area contributed by atoms with Crippen molar-refractivity contribution >= 4 is 5.91 Å². The molecule has 0 bridgehead atoms. The van der Waals surface area contributed by atoms with Crippen molar-refractivity contribution in [1.29, 1.82) is 0 Å². The molecular weight excluding hydrogens is 364 g/mol. The Morgan fingerprint density at radius 1 is 0.964 bits per heavy atom. The van der Waals surface area contributed by atoms with Crippen LogP contribution in [0.15, 0.2) is 65.1 Å². The van der Waals surface area contributed by atoms with Crippen molar-refractivity contribution in [3.63, 3.8) is 0 Å². The molecule has 1 saturated carbocycles. The highest BCUT2D eigenvalue weighted by Crippen LogP contribution is 2.30. The van der Waals surface area contributed by atoms with E-state index in [2.05, 4.69) is 0 Å². The van der Waals surface area contributed by atoms with Crippen LogP contribution in [0.1, 0.15) is 34.7 Å². The lowest BCUT2D eigenvalue weighted by molar-refractivity contribution is 0.0693. The molecule has 0 N–H and O–H groups in total. The number of rotatable bonds is 7. The fourth-order valence-corrected chi connectivity index (χ4v) is 2.94. The van der Waals surface area contributed by atoms with Crippen molar-refractivity contribution < 1.29 is 22.7 Å². The van der Waals surface area contributed by atoms with Gasteiger partial charge in [-0.25, -0.2) is 8.78 Å². The quantitative estimate of drug-likeness (QED) is 0.580. The Balaban J connectivity index is 1.41. The van der Waals surface area contributed by atoms with Crippen LogP contribution in [0.4, 0.5) is 8.78 Å². The molecule has 1 heterocycles. The zero-order valence-corrected chi connectivity index (χ0v) is 15.1. The summed E-state index contributed by atoms with van der Waals surface area (Å²) in [6, 6.07) is 15.3. The topological polar surface area (TPSA) is 42.7 Å². The van der Waals surface area contributed by atoms with Crippen molar-refractivity contribution in [2.45, 2.75) is 32.0 Å². The van der Waals surface area contributed by atoms with Gasteiger partial charge in [-0.3, -0.25) is 4.79 Å². The molecule has 144 valence electrons. The lowest BCUT2D eigenvalue weighted by Gasteiger charge is -2.21. The molecule has 4 nitrogen and oxygen atoms in total. The van der Waals surface area contributed by atoms with E-state index in [4.69, 9.17) is 9.15 Å². The van der Waals surface area contributed by atoms with Gasteiger partial charge in [0.15, 0.2) is 5.76 Å². The Kier molecular flexibility index (Phi) is 5.10. The molecule has 0 atom stereocenters. The normalized spacial score (nSPS) is 13.4. The van der Waals surface area contributed by atoms with Crippen molar-refractivity contribution in [3.05, 3.63) is 89.4 Å². The predicted octanol–water partition coefficient (Wildman–Crippen LogP) is 4.94. The smallest absolute Gasteiger partial charge is 0.290 e. The monoisotopic (exact) mass is 383 g/mol. The first-order valence-electron chi connectivity index (χ1n) is 9.11. The van der Waals surface area contributed by atoms with Crippen LogP contribution in [0.3, 0.4) is 0 Å². The number of ether oxygens (including phenoxy) is 1. The molecule has 2 aromatic carbocycles. The van der Waals surface area contributed by atoms with Crippen LogP contribution >= 0.6 is 0 Å². The van der Waals surface area contributed by atoms with Gasteiger partial charge in [-0.15, -0.1) is 0 Å². The number of carbonyl (C=O) groups excluding carboxylic acids is 1. The number of nitrogens with zero attached hydrogens (tertiary/aromatic N) is 1. The Morgan fingerprint density at radius 2 is 1.61 bits per heavy atom. The van der Waals surface area contributed by atoms with Crippen LogP contribution in [0.25, 0.3) is 0 Å². The second kappa shape index (κ2) is 7.84. The average molecular weight is 383 g/mol. The summed E-state index contributed by atoms with van der Waals surface area (Å²) in [5.74, 6) is 0.433. The lowest BCUT2D eigenvalue weighted by atomic mass is 10.2. The lowest BCUT2D eigenvalue weighted by Crippen LogP contribution is -2.32. The predicted molar refractivity (Wildman–Crippen MR) is 98.7 cm³/mol. The molecule has 0 spiro atoms. The van der Waals surface area contributed by atoms with E-state index in [9.17, 15) is 13.6 Å². The molecule has 0 aliphatic heterocycles. The van der Waals surface area contributed by atoms with E-state index in [1.165, 1.54) is 36.4 Å². The molecule has 28 heavy (non-hydrogen) atoms. The van der Waals surface area contributed by atoms with Crippen molar-refractivity contribution in [3.8, 4) is 5.75 Å². The highest BCUT2D eigenvalue weighted by molar-refractivity contribution is 5.92. The van der Waals surface area contributed by atoms with Crippen LogP contribution in [-0.2, 0) is 13.2 Å². The molecule has 0 unspecified atom stereocenters. The number of benzene rings is 2. The van der Waals surface area contributed by atoms with Crippen LogP contribution < -0.4 is 4.74 Å². The molecule has 3 aromatic rings. The van der Waals surface area contributed by atoms with Crippen LogP contribution in [0.2, 0.25) is 0 Å². The standard InChI is InChI=1S/C22H19F2NO3/c23-16-3-1-15(2-4-16)13-25(18-7-8-18)22(26)21-12-11-20(28-21)14-27-19-9-5-17(24)6-10-19/h1-6,9-12,18H,7-8,13-14H2. The highest BCUT2D eigenvalue weighted by Gasteiger charge is 2.34. The maximum Gasteiger partial charge on any atom is 0.290 e. The summed E-state index contributed by atoms with van der Waals surface area (Å²) in [7, 11) is 0. The van der Waals surface area contributed by atoms with E-state index in [1.807, 2.05) is 0 Å². The summed E-state index contributed by atoms with van der Waals surface area (Å²) in [6.45, 7) is 0.548. The molecule has 1 aromatic heterocycles. The zero-order valence-electron chi connectivity index (χ0n) is 15.1. The molecule has 4 rings (SSSR count). The van der Waals surface area contributed by atoms with Gasteiger partial charge in [0, 0.05) is 12.6 Å². The number of carbonyl (C=O) groups is 1. The third kappa shape index (κ3) is 4.39. The summed E-state index contributed by atoms with van der Waals surface area (Å²) >= 11 is 0. The number of furan rings is 1. The summed E-state index contributed by atoms with van der Waals surface area (Å²) in [4.78, 5) is 14.7. The third-order valence-electron chi connectivity index (χ3n) is 4.58. The summed E-state index contributed by atoms with van der Waals surface area (Å²) in [6.07, 6.45) is 1.91. The van der Waals surface area contributed by atoms with Gasteiger partial charge in [0.25, 0.3) is 5.91 Å². The highest BCUT2D eigenvalue weighted by atomic mass is 19.1. The largest absolute Gasteiger partial charge is 0.486 e. The van der Waals surface area contributed by atoms with E-state index < -0.39 is 0 Å². The van der Waals surface area contributed by atoms with Crippen LogP contribution in [-0.4, -0.2) is 16.8 Å². The molecule has 1 aliphatic carbocycles. The Bertz CT molecular complexity index is 947. The minimum atomic E-state index is -0.334. The van der Waals surface area contributed by atoms with Crippen LogP contribution in [0, 0.1) is 11.6 Å². The second-order valence-electron chi connectivity index (χ2n) is 6.80. The van der Waals surface area contributed by atoms with E-state index in [1.54, 1.807) is 29.2 Å². The number of halogens is 2. The van der Waals surface area contributed by atoms with Crippen molar-refractivity contribution in [2.75, 3.05) is 0 Å². The average Bonchev–Trinajstić information content (AvgIpc) is 3.43. The van der Waals surface area contributed by atoms with E-state index in [0.29, 0.717) is 18.1 Å². The second-order valence-corrected chi connectivity index (χ2v) is 6.80. The van der Waals surface area contributed by atoms with E-state index >= 15 is 0 Å². The maximum atomic E-state index is 13.1. The Labute approximate surface area is 161 Å². The molecule has 0 radical (unpaired) electrons. The number of amides is 1. The van der Waals surface area contributed by atoms with Crippen LogP contribution in [0.5, 0.6) is 5.75 Å². The Morgan fingerprint density at radius 3 is 2.25 bits per heavy atom.